The average Bonchev–Trinajstić information content (AvgIpc) is 3.22. The lowest BCUT2D eigenvalue weighted by Crippen LogP contribution is -2.67. The zero-order valence-electron chi connectivity index (χ0n) is 35.4. The fraction of sp³-hybridized carbons (Fsp3) is 0.643. The lowest BCUT2D eigenvalue weighted by molar-refractivity contribution is -0.245. The van der Waals surface area contributed by atoms with Gasteiger partial charge in [-0.2, -0.15) is 26.3 Å². The maximum atomic E-state index is 13.4. The molecule has 15 nitrogen and oxygen atoms in total. The average molecular weight is 910 g/mol. The van der Waals surface area contributed by atoms with E-state index in [4.69, 9.17) is 14.2 Å². The van der Waals surface area contributed by atoms with E-state index in [2.05, 4.69) is 33.5 Å². The van der Waals surface area contributed by atoms with Crippen LogP contribution in [-0.4, -0.2) is 114 Å². The van der Waals surface area contributed by atoms with Crippen molar-refractivity contribution >= 4 is 29.3 Å². The molecule has 21 heteroatoms. The van der Waals surface area contributed by atoms with Gasteiger partial charge in [-0.25, -0.2) is 9.59 Å². The van der Waals surface area contributed by atoms with Gasteiger partial charge in [0.1, 0.15) is 24.4 Å². The molecule has 1 heterocycles. The molecule has 63 heavy (non-hydrogen) atoms. The largest absolute Gasteiger partial charge is 0.416 e. The number of ether oxygens (including phenoxy) is 3. The molecule has 0 bridgehead atoms. The Morgan fingerprint density at radius 2 is 1.33 bits per heavy atom. The van der Waals surface area contributed by atoms with E-state index in [0.717, 1.165) is 62.8 Å². The third-order valence-electron chi connectivity index (χ3n) is 10.2. The minimum atomic E-state index is -4.72. The van der Waals surface area contributed by atoms with E-state index in [0.29, 0.717) is 18.6 Å². The van der Waals surface area contributed by atoms with Crippen LogP contribution < -0.4 is 26.6 Å². The summed E-state index contributed by atoms with van der Waals surface area (Å²) in [6, 6.07) is 2.90. The Morgan fingerprint density at radius 1 is 0.794 bits per heavy atom. The normalized spacial score (nSPS) is 19.9. The summed E-state index contributed by atoms with van der Waals surface area (Å²) in [6.45, 7) is 0.677. The van der Waals surface area contributed by atoms with Crippen molar-refractivity contribution in [3.05, 3.63) is 59.7 Å². The molecule has 0 aliphatic carbocycles. The third kappa shape index (κ3) is 18.8. The Morgan fingerprint density at radius 3 is 1.84 bits per heavy atom. The standard InChI is InChI=1S/C42H61F6N5O10/c1-3-4-5-6-7-8-9-10-11-12-19-34(57)53-36-32(23-54)61-25-31(52-40(60)51-30-18-14-16-28(21-30)42(46,47)48)38(36)63-35(62-33(24-55)37(58)26(2)56)22-49-39(59)50-29-17-13-15-27(20-29)41(43,44)45/h13-18,20-21,26,31-33,35-38,54-56,58H,3-12,19,22-25H2,1-2H3,(H,53,57)(H2,49,50,59)(H2,51,52,60)/t26?,31?,32?,33?,35-,36-,37-,38?/m0/s1. The van der Waals surface area contributed by atoms with E-state index in [1.165, 1.54) is 38.3 Å². The number of anilines is 2. The number of hydrogen-bond acceptors (Lipinski definition) is 10. The molecule has 2 aromatic rings. The number of benzene rings is 2. The molecular weight excluding hydrogens is 848 g/mol. The van der Waals surface area contributed by atoms with Crippen molar-refractivity contribution < 1.29 is 75.4 Å². The van der Waals surface area contributed by atoms with Crippen molar-refractivity contribution in [3.63, 3.8) is 0 Å². The van der Waals surface area contributed by atoms with Crippen molar-refractivity contribution in [2.75, 3.05) is 37.0 Å². The van der Waals surface area contributed by atoms with Crippen LogP contribution >= 0.6 is 0 Å². The molecule has 5 amide bonds. The lowest BCUT2D eigenvalue weighted by Gasteiger charge is -2.44. The molecule has 0 spiro atoms. The highest BCUT2D eigenvalue weighted by Crippen LogP contribution is 2.32. The Bertz CT molecular complexity index is 1690. The third-order valence-corrected chi connectivity index (χ3v) is 10.2. The molecule has 1 aliphatic heterocycles. The fourth-order valence-corrected chi connectivity index (χ4v) is 6.84. The van der Waals surface area contributed by atoms with Gasteiger partial charge in [-0.15, -0.1) is 0 Å². The van der Waals surface area contributed by atoms with Crippen LogP contribution in [0.3, 0.4) is 0 Å². The Hall–Kier alpha value is -4.25. The van der Waals surface area contributed by atoms with E-state index in [1.807, 2.05) is 0 Å². The predicted molar refractivity (Wildman–Crippen MR) is 219 cm³/mol. The van der Waals surface area contributed by atoms with Gasteiger partial charge in [-0.1, -0.05) is 76.8 Å². The lowest BCUT2D eigenvalue weighted by atomic mass is 9.94. The van der Waals surface area contributed by atoms with Gasteiger partial charge < -0.3 is 61.2 Å². The summed E-state index contributed by atoms with van der Waals surface area (Å²) in [5.74, 6) is -0.488. The first-order valence-corrected chi connectivity index (χ1v) is 21.1. The Kier molecular flexibility index (Phi) is 22.3. The van der Waals surface area contributed by atoms with Crippen LogP contribution in [0.1, 0.15) is 95.6 Å². The number of halogens is 6. The van der Waals surface area contributed by atoms with Gasteiger partial charge in [0.2, 0.25) is 5.91 Å². The second-order valence-electron chi connectivity index (χ2n) is 15.4. The molecule has 1 saturated heterocycles. The fourth-order valence-electron chi connectivity index (χ4n) is 6.84. The molecule has 2 aromatic carbocycles. The zero-order chi connectivity index (χ0) is 46.6. The summed E-state index contributed by atoms with van der Waals surface area (Å²) < 4.78 is 98.1. The number of rotatable bonds is 25. The molecule has 0 radical (unpaired) electrons. The quantitative estimate of drug-likeness (QED) is 0.0319. The van der Waals surface area contributed by atoms with Crippen molar-refractivity contribution in [3.8, 4) is 0 Å². The van der Waals surface area contributed by atoms with Gasteiger partial charge in [0.05, 0.1) is 55.7 Å². The molecule has 356 valence electrons. The summed E-state index contributed by atoms with van der Waals surface area (Å²) in [7, 11) is 0. The van der Waals surface area contributed by atoms with Gasteiger partial charge in [-0.05, 0) is 49.7 Å². The number of aliphatic hydroxyl groups excluding tert-OH is 4. The van der Waals surface area contributed by atoms with Crippen LogP contribution in [0.2, 0.25) is 0 Å². The van der Waals surface area contributed by atoms with Crippen LogP contribution in [-0.2, 0) is 31.4 Å². The van der Waals surface area contributed by atoms with Crippen molar-refractivity contribution in [1.29, 1.82) is 0 Å². The number of amides is 5. The zero-order valence-corrected chi connectivity index (χ0v) is 35.4. The summed E-state index contributed by atoms with van der Waals surface area (Å²) in [5, 5.41) is 53.4. The first kappa shape index (κ1) is 53.1. The minimum absolute atomic E-state index is 0.0519. The maximum absolute atomic E-state index is 13.4. The molecule has 9 N–H and O–H groups in total. The van der Waals surface area contributed by atoms with Crippen LogP contribution in [0.15, 0.2) is 48.5 Å². The number of aliphatic hydroxyl groups is 4. The molecular formula is C42H61F6N5O10. The van der Waals surface area contributed by atoms with E-state index < -0.39 is 117 Å². The number of hydrogen-bond donors (Lipinski definition) is 9. The van der Waals surface area contributed by atoms with E-state index in [-0.39, 0.29) is 17.8 Å². The summed E-state index contributed by atoms with van der Waals surface area (Å²) in [4.78, 5) is 39.7. The summed E-state index contributed by atoms with van der Waals surface area (Å²) in [5.41, 5.74) is -2.56. The molecule has 0 saturated carbocycles. The monoisotopic (exact) mass is 909 g/mol. The van der Waals surface area contributed by atoms with Gasteiger partial charge in [-0.3, -0.25) is 4.79 Å². The van der Waals surface area contributed by atoms with Crippen LogP contribution in [0.25, 0.3) is 0 Å². The van der Waals surface area contributed by atoms with Crippen molar-refractivity contribution in [2.45, 2.75) is 146 Å². The van der Waals surface area contributed by atoms with E-state index >= 15 is 0 Å². The Balaban J connectivity index is 1.87. The molecule has 0 aromatic heterocycles. The molecule has 5 unspecified atom stereocenters. The predicted octanol–water partition coefficient (Wildman–Crippen LogP) is 6.05. The number of nitrogens with one attached hydrogen (secondary N) is 5. The van der Waals surface area contributed by atoms with Gasteiger partial charge in [0.15, 0.2) is 6.29 Å². The molecule has 8 atom stereocenters. The number of carbonyl (C=O) groups is 3. The number of unbranched alkanes of at least 4 members (excludes halogenated alkanes) is 9. The SMILES string of the molecule is CCCCCCCCCCCCC(=O)N[C@H]1C(CO)OCC(NC(=O)Nc2cccc(C(F)(F)F)c2)C1O[C@@H](CNC(=O)Nc1cccc(C(F)(F)F)c1)OC(CO)[C@@H](O)C(C)O. The molecule has 1 aliphatic rings. The van der Waals surface area contributed by atoms with Crippen LogP contribution in [0.4, 0.5) is 47.3 Å². The first-order chi connectivity index (χ1) is 29.9. The van der Waals surface area contributed by atoms with Crippen molar-refractivity contribution in [1.82, 2.24) is 16.0 Å². The topological polar surface area (TPSA) is 220 Å². The molecule has 1 fully saturated rings. The highest BCUT2D eigenvalue weighted by atomic mass is 19.4. The highest BCUT2D eigenvalue weighted by Gasteiger charge is 2.45. The van der Waals surface area contributed by atoms with Crippen LogP contribution in [0, 0.1) is 0 Å². The second kappa shape index (κ2) is 26.5. The van der Waals surface area contributed by atoms with Gasteiger partial charge in [0, 0.05) is 17.8 Å². The summed E-state index contributed by atoms with van der Waals surface area (Å²) >= 11 is 0. The number of carbonyl (C=O) groups excluding carboxylic acids is 3. The van der Waals surface area contributed by atoms with E-state index in [9.17, 15) is 61.2 Å². The smallest absolute Gasteiger partial charge is 0.394 e. The summed E-state index contributed by atoms with van der Waals surface area (Å²) in [6.07, 6.45) is -8.37. The van der Waals surface area contributed by atoms with Crippen LogP contribution in [0.5, 0.6) is 0 Å². The minimum Gasteiger partial charge on any atom is -0.394 e. The first-order valence-electron chi connectivity index (χ1n) is 21.1. The van der Waals surface area contributed by atoms with Gasteiger partial charge >= 0.3 is 24.4 Å². The second-order valence-corrected chi connectivity index (χ2v) is 15.4. The van der Waals surface area contributed by atoms with Gasteiger partial charge in [0.25, 0.3) is 0 Å². The number of alkyl halides is 6. The Labute approximate surface area is 362 Å². The number of urea groups is 2. The maximum Gasteiger partial charge on any atom is 0.416 e. The highest BCUT2D eigenvalue weighted by molar-refractivity contribution is 5.90. The molecule has 3 rings (SSSR count). The van der Waals surface area contributed by atoms with E-state index in [1.54, 1.807) is 0 Å². The van der Waals surface area contributed by atoms with Crippen molar-refractivity contribution in [2.24, 2.45) is 0 Å².